The van der Waals surface area contributed by atoms with E-state index in [4.69, 9.17) is 11.2 Å². The molecule has 178 valence electrons. The van der Waals surface area contributed by atoms with Gasteiger partial charge in [-0.25, -0.2) is 0 Å². The van der Waals surface area contributed by atoms with Gasteiger partial charge in [-0.2, -0.15) is 0 Å². The summed E-state index contributed by atoms with van der Waals surface area (Å²) in [6.45, 7) is 2.19. The van der Waals surface area contributed by atoms with E-state index in [-0.39, 0.29) is 18.0 Å². The predicted octanol–water partition coefficient (Wildman–Crippen LogP) is 5.96. The quantitative estimate of drug-likeness (QED) is 0.523. The van der Waals surface area contributed by atoms with Crippen molar-refractivity contribution in [3.8, 4) is 18.1 Å². The molecule has 0 radical (unpaired) electrons. The topological polar surface area (TPSA) is 41.6 Å². The molecule has 0 aromatic heterocycles. The lowest BCUT2D eigenvalue weighted by Gasteiger charge is -2.43. The van der Waals surface area contributed by atoms with Gasteiger partial charge in [0.1, 0.15) is 5.75 Å². The van der Waals surface area contributed by atoms with Crippen molar-refractivity contribution in [1.29, 1.82) is 0 Å². The maximum Gasteiger partial charge on any atom is 0.299 e. The van der Waals surface area contributed by atoms with Crippen molar-refractivity contribution in [2.45, 2.75) is 76.4 Å². The van der Waals surface area contributed by atoms with Gasteiger partial charge in [-0.15, -0.1) is 6.42 Å². The van der Waals surface area contributed by atoms with E-state index in [1.54, 1.807) is 7.11 Å². The van der Waals surface area contributed by atoms with Gasteiger partial charge in [0.05, 0.1) is 13.2 Å². The highest BCUT2D eigenvalue weighted by Crippen LogP contribution is 2.46. The number of fused-ring (bicyclic) bond motifs is 3. The van der Waals surface area contributed by atoms with Gasteiger partial charge in [-0.3, -0.25) is 4.79 Å². The van der Waals surface area contributed by atoms with Crippen molar-refractivity contribution in [3.63, 3.8) is 0 Å². The normalized spacial score (nSPS) is 27.2. The fourth-order valence-electron chi connectivity index (χ4n) is 6.68. The Morgan fingerprint density at radius 2 is 1.82 bits per heavy atom. The molecule has 0 saturated heterocycles. The first-order valence-corrected chi connectivity index (χ1v) is 12.9. The molecule has 1 aliphatic heterocycles. The third-order valence-electron chi connectivity index (χ3n) is 8.41. The molecule has 2 bridgehead atoms. The molecule has 34 heavy (non-hydrogen) atoms. The molecule has 4 heteroatoms. The van der Waals surface area contributed by atoms with E-state index in [1.807, 2.05) is 11.0 Å². The first kappa shape index (κ1) is 22.8. The number of nitrogens with one attached hydrogen (secondary N) is 1. The molecule has 2 saturated carbocycles. The molecule has 2 atom stereocenters. The zero-order chi connectivity index (χ0) is 23.7. The van der Waals surface area contributed by atoms with Gasteiger partial charge in [-0.05, 0) is 97.2 Å². The van der Waals surface area contributed by atoms with Gasteiger partial charge in [0.15, 0.2) is 0 Å². The number of carbonyl (C=O) groups is 1. The van der Waals surface area contributed by atoms with Crippen LogP contribution in [0.1, 0.15) is 74.6 Å². The largest absolute Gasteiger partial charge is 0.497 e. The fraction of sp³-hybridized carbons (Fsp3) is 0.500. The smallest absolute Gasteiger partial charge is 0.299 e. The van der Waals surface area contributed by atoms with E-state index in [0.29, 0.717) is 6.04 Å². The highest BCUT2D eigenvalue weighted by molar-refractivity contribution is 5.94. The van der Waals surface area contributed by atoms with Gasteiger partial charge in [0.2, 0.25) is 0 Å². The lowest BCUT2D eigenvalue weighted by Crippen LogP contribution is -2.47. The highest BCUT2D eigenvalue weighted by atomic mass is 16.5. The Morgan fingerprint density at radius 1 is 1.12 bits per heavy atom. The van der Waals surface area contributed by atoms with Crippen molar-refractivity contribution in [1.82, 2.24) is 4.90 Å². The number of amides is 1. The van der Waals surface area contributed by atoms with Crippen LogP contribution < -0.4 is 10.1 Å². The minimum absolute atomic E-state index is 0.0834. The molecular weight excluding hydrogens is 420 g/mol. The molecule has 1 N–H and O–H groups in total. The van der Waals surface area contributed by atoms with Crippen LogP contribution in [0.2, 0.25) is 0 Å². The van der Waals surface area contributed by atoms with Crippen molar-refractivity contribution in [2.75, 3.05) is 12.4 Å². The lowest BCUT2D eigenvalue weighted by atomic mass is 9.83. The SMILES string of the molecule is C#CC(=O)N1[C@@H](CCCC)Cc2cc(OC)ccc2[C@@H]1c1ccc(NC2C3CCC2CC3)cc1. The van der Waals surface area contributed by atoms with Crippen molar-refractivity contribution in [3.05, 3.63) is 59.2 Å². The standard InChI is InChI=1S/C30H36N2O2/c1-4-6-7-25-18-23-19-26(34-3)16-17-27(23)30(32(25)28(33)5-2)22-12-14-24(15-13-22)31-29-20-8-9-21(29)11-10-20/h2,12-17,19-21,25,29-31H,4,6-11,18H2,1,3H3/t20?,21?,25-,29?,30-/m0/s1. The number of hydrogen-bond acceptors (Lipinski definition) is 3. The van der Waals surface area contributed by atoms with Crippen LogP contribution in [0.15, 0.2) is 42.5 Å². The number of rotatable bonds is 7. The van der Waals surface area contributed by atoms with Crippen LogP contribution in [0, 0.1) is 24.2 Å². The predicted molar refractivity (Wildman–Crippen MR) is 137 cm³/mol. The summed E-state index contributed by atoms with van der Waals surface area (Å²) in [5.74, 6) is 4.71. The van der Waals surface area contributed by atoms with Crippen molar-refractivity contribution >= 4 is 11.6 Å². The summed E-state index contributed by atoms with van der Waals surface area (Å²) in [5, 5.41) is 3.82. The molecule has 2 aliphatic carbocycles. The Balaban J connectivity index is 1.48. The molecular formula is C30H36N2O2. The minimum atomic E-state index is -0.225. The average Bonchev–Trinajstić information content (AvgIpc) is 3.45. The Morgan fingerprint density at radius 3 is 2.44 bits per heavy atom. The van der Waals surface area contributed by atoms with Crippen LogP contribution in [0.3, 0.4) is 0 Å². The number of benzene rings is 2. The first-order valence-electron chi connectivity index (χ1n) is 12.9. The molecule has 0 unspecified atom stereocenters. The number of anilines is 1. The number of unbranched alkanes of at least 4 members (excludes halogenated alkanes) is 1. The molecule has 2 aromatic carbocycles. The second-order valence-corrected chi connectivity index (χ2v) is 10.3. The van der Waals surface area contributed by atoms with Gasteiger partial charge >= 0.3 is 0 Å². The summed E-state index contributed by atoms with van der Waals surface area (Å²) < 4.78 is 5.51. The lowest BCUT2D eigenvalue weighted by molar-refractivity contribution is -0.130. The summed E-state index contributed by atoms with van der Waals surface area (Å²) in [4.78, 5) is 15.0. The van der Waals surface area contributed by atoms with Gasteiger partial charge in [0, 0.05) is 17.8 Å². The summed E-state index contributed by atoms with van der Waals surface area (Å²) in [5.41, 5.74) is 4.68. The fourth-order valence-corrected chi connectivity index (χ4v) is 6.68. The second kappa shape index (κ2) is 9.74. The molecule has 2 aromatic rings. The zero-order valence-corrected chi connectivity index (χ0v) is 20.4. The first-order chi connectivity index (χ1) is 16.6. The molecule has 3 aliphatic rings. The average molecular weight is 457 g/mol. The number of carbonyl (C=O) groups excluding carboxylic acids is 1. The maximum absolute atomic E-state index is 13.1. The van der Waals surface area contributed by atoms with E-state index in [0.717, 1.165) is 54.4 Å². The number of terminal acetylenes is 1. The van der Waals surface area contributed by atoms with Crippen LogP contribution in [0.5, 0.6) is 5.75 Å². The van der Waals surface area contributed by atoms with Crippen molar-refractivity contribution in [2.24, 2.45) is 11.8 Å². The zero-order valence-electron chi connectivity index (χ0n) is 20.4. The van der Waals surface area contributed by atoms with E-state index >= 15 is 0 Å². The Labute approximate surface area is 204 Å². The summed E-state index contributed by atoms with van der Waals surface area (Å²) in [7, 11) is 1.70. The molecule has 1 heterocycles. The molecule has 1 amide bonds. The van der Waals surface area contributed by atoms with E-state index in [1.165, 1.54) is 36.9 Å². The van der Waals surface area contributed by atoms with Crippen molar-refractivity contribution < 1.29 is 9.53 Å². The number of hydrogen-bond donors (Lipinski definition) is 1. The Kier molecular flexibility index (Phi) is 6.55. The van der Waals surface area contributed by atoms with Crippen LogP contribution in [0.25, 0.3) is 0 Å². The van der Waals surface area contributed by atoms with E-state index in [2.05, 4.69) is 54.6 Å². The summed E-state index contributed by atoms with van der Waals surface area (Å²) >= 11 is 0. The number of methoxy groups -OCH3 is 1. The van der Waals surface area contributed by atoms with Crippen LogP contribution in [-0.2, 0) is 11.2 Å². The van der Waals surface area contributed by atoms with Gasteiger partial charge in [-0.1, -0.05) is 38.0 Å². The monoisotopic (exact) mass is 456 g/mol. The molecule has 4 nitrogen and oxygen atoms in total. The second-order valence-electron chi connectivity index (χ2n) is 10.3. The maximum atomic E-state index is 13.1. The van der Waals surface area contributed by atoms with E-state index < -0.39 is 0 Å². The van der Waals surface area contributed by atoms with E-state index in [9.17, 15) is 4.79 Å². The Hall–Kier alpha value is -2.93. The summed E-state index contributed by atoms with van der Waals surface area (Å²) in [6, 6.07) is 15.5. The van der Waals surface area contributed by atoms with Gasteiger partial charge < -0.3 is 15.0 Å². The molecule has 5 rings (SSSR count). The highest BCUT2D eigenvalue weighted by Gasteiger charge is 2.41. The summed E-state index contributed by atoms with van der Waals surface area (Å²) in [6.07, 6.45) is 15.1. The van der Waals surface area contributed by atoms with Gasteiger partial charge in [0.25, 0.3) is 5.91 Å². The van der Waals surface area contributed by atoms with Crippen LogP contribution >= 0.6 is 0 Å². The molecule has 2 fully saturated rings. The molecule has 0 spiro atoms. The number of ether oxygens (including phenoxy) is 1. The van der Waals surface area contributed by atoms with Crippen LogP contribution in [0.4, 0.5) is 5.69 Å². The third kappa shape index (κ3) is 4.17. The Bertz CT molecular complexity index is 1050. The van der Waals surface area contributed by atoms with Crippen LogP contribution in [-0.4, -0.2) is 30.0 Å². The minimum Gasteiger partial charge on any atom is -0.497 e. The third-order valence-corrected chi connectivity index (χ3v) is 8.41. The number of nitrogens with zero attached hydrogens (tertiary/aromatic N) is 1.